The molecule has 0 atom stereocenters. The summed E-state index contributed by atoms with van der Waals surface area (Å²) in [6, 6.07) is 17.7. The third kappa shape index (κ3) is 3.10. The van der Waals surface area contributed by atoms with E-state index in [4.69, 9.17) is 16.4 Å². The van der Waals surface area contributed by atoms with Crippen LogP contribution >= 0.6 is 11.6 Å². The minimum atomic E-state index is 0.244. The standard InChI is InChI=1S/C18H15ClN2O/c1-13-15-9-5-6-10-16(15)21-17(18(13)19)12-22-20-11-14-7-3-2-4-8-14/h2-11H,12H2,1H3/b20-11-. The van der Waals surface area contributed by atoms with Crippen LogP contribution in [0.25, 0.3) is 10.9 Å². The van der Waals surface area contributed by atoms with Crippen molar-refractivity contribution in [2.75, 3.05) is 0 Å². The van der Waals surface area contributed by atoms with Crippen LogP contribution in [0.3, 0.4) is 0 Å². The fourth-order valence-electron chi connectivity index (χ4n) is 2.25. The summed E-state index contributed by atoms with van der Waals surface area (Å²) in [5.41, 5.74) is 3.60. The lowest BCUT2D eigenvalue weighted by atomic mass is 10.1. The Bertz CT molecular complexity index is 816. The van der Waals surface area contributed by atoms with Gasteiger partial charge in [-0.1, -0.05) is 65.3 Å². The maximum atomic E-state index is 6.37. The molecular weight excluding hydrogens is 296 g/mol. The van der Waals surface area contributed by atoms with Gasteiger partial charge < -0.3 is 4.84 Å². The second-order valence-electron chi connectivity index (χ2n) is 4.93. The molecule has 0 bridgehead atoms. The molecule has 1 heterocycles. The smallest absolute Gasteiger partial charge is 0.160 e. The van der Waals surface area contributed by atoms with Gasteiger partial charge >= 0.3 is 0 Å². The van der Waals surface area contributed by atoms with E-state index in [-0.39, 0.29) is 6.61 Å². The van der Waals surface area contributed by atoms with Crippen molar-refractivity contribution in [2.24, 2.45) is 5.16 Å². The fourth-order valence-corrected chi connectivity index (χ4v) is 2.45. The van der Waals surface area contributed by atoms with Gasteiger partial charge in [-0.15, -0.1) is 0 Å². The monoisotopic (exact) mass is 310 g/mol. The molecule has 0 amide bonds. The predicted octanol–water partition coefficient (Wildman–Crippen LogP) is 4.75. The topological polar surface area (TPSA) is 34.5 Å². The number of aromatic nitrogens is 1. The maximum Gasteiger partial charge on any atom is 0.160 e. The SMILES string of the molecule is Cc1c(Cl)c(CO/N=C\c2ccccc2)nc2ccccc12. The van der Waals surface area contributed by atoms with Gasteiger partial charge in [0, 0.05) is 5.39 Å². The van der Waals surface area contributed by atoms with E-state index < -0.39 is 0 Å². The Morgan fingerprint density at radius 2 is 1.82 bits per heavy atom. The molecule has 0 radical (unpaired) electrons. The first kappa shape index (κ1) is 14.5. The lowest BCUT2D eigenvalue weighted by molar-refractivity contribution is 0.129. The first-order valence-electron chi connectivity index (χ1n) is 7.00. The van der Waals surface area contributed by atoms with Crippen LogP contribution in [0.5, 0.6) is 0 Å². The molecule has 3 nitrogen and oxygen atoms in total. The maximum absolute atomic E-state index is 6.37. The fraction of sp³-hybridized carbons (Fsp3) is 0.111. The summed E-state index contributed by atoms with van der Waals surface area (Å²) in [7, 11) is 0. The summed E-state index contributed by atoms with van der Waals surface area (Å²) in [6.07, 6.45) is 1.67. The Hall–Kier alpha value is -2.39. The average Bonchev–Trinajstić information content (AvgIpc) is 2.57. The summed E-state index contributed by atoms with van der Waals surface area (Å²) in [5, 5.41) is 5.66. The molecule has 4 heteroatoms. The van der Waals surface area contributed by atoms with E-state index in [1.54, 1.807) is 6.21 Å². The van der Waals surface area contributed by atoms with E-state index in [0.29, 0.717) is 10.7 Å². The van der Waals surface area contributed by atoms with Crippen molar-refractivity contribution in [3.05, 3.63) is 76.4 Å². The molecule has 2 aromatic carbocycles. The number of pyridine rings is 1. The largest absolute Gasteiger partial charge is 0.389 e. The molecule has 0 saturated carbocycles. The first-order chi connectivity index (χ1) is 10.8. The van der Waals surface area contributed by atoms with Crippen LogP contribution in [0, 0.1) is 6.92 Å². The zero-order valence-electron chi connectivity index (χ0n) is 12.2. The number of nitrogens with zero attached hydrogens (tertiary/aromatic N) is 2. The second-order valence-corrected chi connectivity index (χ2v) is 5.31. The third-order valence-corrected chi connectivity index (χ3v) is 3.92. The molecule has 1 aromatic heterocycles. The molecule has 3 rings (SSSR count). The van der Waals surface area contributed by atoms with E-state index in [1.165, 1.54) is 0 Å². The van der Waals surface area contributed by atoms with Crippen LogP contribution in [0.15, 0.2) is 59.8 Å². The normalized spacial score (nSPS) is 11.2. The summed E-state index contributed by atoms with van der Waals surface area (Å²) < 4.78 is 0. The Labute approximate surface area is 134 Å². The van der Waals surface area contributed by atoms with Gasteiger partial charge in [0.1, 0.15) is 5.69 Å². The molecule has 0 aliphatic rings. The highest BCUT2D eigenvalue weighted by Crippen LogP contribution is 2.27. The first-order valence-corrected chi connectivity index (χ1v) is 7.37. The van der Waals surface area contributed by atoms with Gasteiger partial charge in [0.05, 0.1) is 16.8 Å². The van der Waals surface area contributed by atoms with E-state index in [0.717, 1.165) is 22.0 Å². The zero-order valence-corrected chi connectivity index (χ0v) is 12.9. The number of benzene rings is 2. The van der Waals surface area contributed by atoms with Crippen LogP contribution in [0.1, 0.15) is 16.8 Å². The molecule has 0 spiro atoms. The van der Waals surface area contributed by atoms with Gasteiger partial charge in [-0.2, -0.15) is 0 Å². The van der Waals surface area contributed by atoms with Crippen molar-refractivity contribution in [1.82, 2.24) is 4.98 Å². The van der Waals surface area contributed by atoms with Gasteiger partial charge in [0.2, 0.25) is 0 Å². The van der Waals surface area contributed by atoms with Gasteiger partial charge in [0.15, 0.2) is 6.61 Å². The van der Waals surface area contributed by atoms with E-state index in [2.05, 4.69) is 10.1 Å². The highest BCUT2D eigenvalue weighted by Gasteiger charge is 2.10. The number of rotatable bonds is 4. The Morgan fingerprint density at radius 3 is 2.64 bits per heavy atom. The van der Waals surface area contributed by atoms with Crippen molar-refractivity contribution in [1.29, 1.82) is 0 Å². The second kappa shape index (κ2) is 6.58. The van der Waals surface area contributed by atoms with E-state index in [9.17, 15) is 0 Å². The molecule has 22 heavy (non-hydrogen) atoms. The number of halogens is 1. The van der Waals surface area contributed by atoms with Crippen LogP contribution in [0.4, 0.5) is 0 Å². The number of hydrogen-bond donors (Lipinski definition) is 0. The number of fused-ring (bicyclic) bond motifs is 1. The molecule has 3 aromatic rings. The number of aryl methyl sites for hydroxylation is 1. The predicted molar refractivity (Wildman–Crippen MR) is 90.3 cm³/mol. The third-order valence-electron chi connectivity index (χ3n) is 3.42. The van der Waals surface area contributed by atoms with Gasteiger partial charge in [-0.25, -0.2) is 4.98 Å². The molecule has 0 saturated heterocycles. The lowest BCUT2D eigenvalue weighted by Crippen LogP contribution is -1.97. The highest BCUT2D eigenvalue weighted by molar-refractivity contribution is 6.32. The van der Waals surface area contributed by atoms with Crippen LogP contribution in [0.2, 0.25) is 5.02 Å². The molecule has 0 N–H and O–H groups in total. The molecule has 0 unspecified atom stereocenters. The molecule has 0 aliphatic heterocycles. The van der Waals surface area contributed by atoms with Crippen molar-refractivity contribution in [3.63, 3.8) is 0 Å². The summed E-state index contributed by atoms with van der Waals surface area (Å²) >= 11 is 6.37. The van der Waals surface area contributed by atoms with Crippen LogP contribution in [-0.4, -0.2) is 11.2 Å². The Balaban J connectivity index is 1.77. The molecular formula is C18H15ClN2O. The zero-order chi connectivity index (χ0) is 15.4. The van der Waals surface area contributed by atoms with Crippen molar-refractivity contribution in [3.8, 4) is 0 Å². The summed E-state index contributed by atoms with van der Waals surface area (Å²) in [5.74, 6) is 0. The van der Waals surface area contributed by atoms with Crippen LogP contribution < -0.4 is 0 Å². The van der Waals surface area contributed by atoms with Crippen molar-refractivity contribution in [2.45, 2.75) is 13.5 Å². The van der Waals surface area contributed by atoms with Crippen molar-refractivity contribution >= 4 is 28.7 Å². The van der Waals surface area contributed by atoms with Gasteiger partial charge in [0.25, 0.3) is 0 Å². The highest BCUT2D eigenvalue weighted by atomic mass is 35.5. The average molecular weight is 311 g/mol. The number of oxime groups is 1. The summed E-state index contributed by atoms with van der Waals surface area (Å²) in [4.78, 5) is 9.88. The number of para-hydroxylation sites is 1. The molecule has 110 valence electrons. The lowest BCUT2D eigenvalue weighted by Gasteiger charge is -2.08. The minimum absolute atomic E-state index is 0.244. The van der Waals surface area contributed by atoms with E-state index >= 15 is 0 Å². The quantitative estimate of drug-likeness (QED) is 0.515. The van der Waals surface area contributed by atoms with Gasteiger partial charge in [-0.05, 0) is 24.1 Å². The summed E-state index contributed by atoms with van der Waals surface area (Å²) in [6.45, 7) is 2.23. The van der Waals surface area contributed by atoms with Crippen LogP contribution in [-0.2, 0) is 11.4 Å². The molecule has 0 fully saturated rings. The number of hydrogen-bond acceptors (Lipinski definition) is 3. The van der Waals surface area contributed by atoms with Gasteiger partial charge in [-0.3, -0.25) is 0 Å². The van der Waals surface area contributed by atoms with E-state index in [1.807, 2.05) is 61.5 Å². The molecule has 0 aliphatic carbocycles. The Kier molecular flexibility index (Phi) is 4.35. The Morgan fingerprint density at radius 1 is 1.09 bits per heavy atom. The van der Waals surface area contributed by atoms with Crippen molar-refractivity contribution < 1.29 is 4.84 Å². The minimum Gasteiger partial charge on any atom is -0.389 e.